The minimum absolute atomic E-state index is 0. The fourth-order valence-corrected chi connectivity index (χ4v) is 3.21. The highest BCUT2D eigenvalue weighted by molar-refractivity contribution is 14.0. The van der Waals surface area contributed by atoms with Crippen molar-refractivity contribution in [2.24, 2.45) is 4.99 Å². The number of halogens is 2. The van der Waals surface area contributed by atoms with Crippen LogP contribution in [0.3, 0.4) is 0 Å². The van der Waals surface area contributed by atoms with Gasteiger partial charge in [-0.05, 0) is 30.5 Å². The third kappa shape index (κ3) is 9.21. The maximum absolute atomic E-state index is 13.7. The van der Waals surface area contributed by atoms with Crippen LogP contribution in [0, 0.1) is 5.82 Å². The highest BCUT2D eigenvalue weighted by Crippen LogP contribution is 2.19. The van der Waals surface area contributed by atoms with Gasteiger partial charge in [-0.1, -0.05) is 31.7 Å². The van der Waals surface area contributed by atoms with E-state index in [0.717, 1.165) is 5.56 Å². The number of rotatable bonds is 8. The Morgan fingerprint density at radius 3 is 2.59 bits per heavy atom. The number of nitrogens with one attached hydrogen (secondary N) is 2. The first-order chi connectivity index (χ1) is 12.7. The van der Waals surface area contributed by atoms with E-state index in [1.165, 1.54) is 44.6 Å². The quantitative estimate of drug-likeness (QED) is 0.189. The summed E-state index contributed by atoms with van der Waals surface area (Å²) < 4.78 is 24.7. The zero-order valence-corrected chi connectivity index (χ0v) is 18.8. The molecule has 2 rings (SSSR count). The highest BCUT2D eigenvalue weighted by Gasteiger charge is 2.12. The fourth-order valence-electron chi connectivity index (χ4n) is 3.21. The van der Waals surface area contributed by atoms with Gasteiger partial charge in [0.25, 0.3) is 0 Å². The SMILES string of the molecule is CN=C(NCCOC1CCCCCC1)NCc1ccc(F)c(COC)c1.I. The number of guanidine groups is 1. The molecule has 1 aromatic carbocycles. The zero-order valence-electron chi connectivity index (χ0n) is 16.4. The summed E-state index contributed by atoms with van der Waals surface area (Å²) in [7, 11) is 3.30. The summed E-state index contributed by atoms with van der Waals surface area (Å²) in [6, 6.07) is 5.06. The average molecular weight is 493 g/mol. The van der Waals surface area contributed by atoms with Crippen molar-refractivity contribution in [3.8, 4) is 0 Å². The maximum atomic E-state index is 13.7. The molecule has 5 nitrogen and oxygen atoms in total. The van der Waals surface area contributed by atoms with Gasteiger partial charge in [-0.2, -0.15) is 0 Å². The predicted molar refractivity (Wildman–Crippen MR) is 118 cm³/mol. The molecule has 0 spiro atoms. The van der Waals surface area contributed by atoms with Gasteiger partial charge in [-0.25, -0.2) is 4.39 Å². The Hall–Kier alpha value is -0.930. The van der Waals surface area contributed by atoms with Crippen LogP contribution in [0.1, 0.15) is 49.7 Å². The Labute approximate surface area is 179 Å². The van der Waals surface area contributed by atoms with Crippen LogP contribution in [0.5, 0.6) is 0 Å². The lowest BCUT2D eigenvalue weighted by Crippen LogP contribution is -2.39. The van der Waals surface area contributed by atoms with E-state index in [9.17, 15) is 4.39 Å². The van der Waals surface area contributed by atoms with Crippen LogP contribution in [0.25, 0.3) is 0 Å². The van der Waals surface area contributed by atoms with Gasteiger partial charge < -0.3 is 20.1 Å². The molecule has 0 aliphatic heterocycles. The maximum Gasteiger partial charge on any atom is 0.191 e. The molecular weight excluding hydrogens is 460 g/mol. The second-order valence-corrected chi connectivity index (χ2v) is 6.70. The van der Waals surface area contributed by atoms with Crippen molar-refractivity contribution in [3.05, 3.63) is 35.1 Å². The fraction of sp³-hybridized carbons (Fsp3) is 0.650. The largest absolute Gasteiger partial charge is 0.380 e. The number of ether oxygens (including phenoxy) is 2. The monoisotopic (exact) mass is 493 g/mol. The molecule has 0 bridgehead atoms. The van der Waals surface area contributed by atoms with Gasteiger partial charge in [0.05, 0.1) is 19.3 Å². The van der Waals surface area contributed by atoms with Gasteiger partial charge >= 0.3 is 0 Å². The first-order valence-electron chi connectivity index (χ1n) is 9.55. The normalized spacial score (nSPS) is 15.7. The van der Waals surface area contributed by atoms with E-state index in [0.29, 0.717) is 37.3 Å². The molecular formula is C20H33FIN3O2. The molecule has 1 aromatic rings. The second kappa shape index (κ2) is 14.1. The third-order valence-corrected chi connectivity index (χ3v) is 4.64. The molecule has 27 heavy (non-hydrogen) atoms. The van der Waals surface area contributed by atoms with E-state index in [-0.39, 0.29) is 36.4 Å². The summed E-state index contributed by atoms with van der Waals surface area (Å²) in [6.45, 7) is 2.24. The predicted octanol–water partition coefficient (Wildman–Crippen LogP) is 3.99. The van der Waals surface area contributed by atoms with Crippen LogP contribution in [0.4, 0.5) is 4.39 Å². The average Bonchev–Trinajstić information content (AvgIpc) is 2.92. The number of hydrogen-bond donors (Lipinski definition) is 2. The Morgan fingerprint density at radius 1 is 1.19 bits per heavy atom. The lowest BCUT2D eigenvalue weighted by molar-refractivity contribution is 0.0468. The van der Waals surface area contributed by atoms with Gasteiger partial charge in [0.1, 0.15) is 5.82 Å². The van der Waals surface area contributed by atoms with E-state index < -0.39 is 0 Å². The summed E-state index contributed by atoms with van der Waals surface area (Å²) in [5, 5.41) is 6.50. The molecule has 0 saturated heterocycles. The number of aliphatic imine (C=N–C) groups is 1. The molecule has 0 unspecified atom stereocenters. The zero-order chi connectivity index (χ0) is 18.6. The van der Waals surface area contributed by atoms with Gasteiger partial charge in [-0.15, -0.1) is 24.0 Å². The van der Waals surface area contributed by atoms with E-state index in [1.54, 1.807) is 20.2 Å². The Balaban J connectivity index is 0.00000364. The smallest absolute Gasteiger partial charge is 0.191 e. The number of benzene rings is 1. The van der Waals surface area contributed by atoms with Crippen molar-refractivity contribution < 1.29 is 13.9 Å². The second-order valence-electron chi connectivity index (χ2n) is 6.70. The summed E-state index contributed by atoms with van der Waals surface area (Å²) in [5.74, 6) is 0.473. The van der Waals surface area contributed by atoms with Crippen LogP contribution < -0.4 is 10.6 Å². The van der Waals surface area contributed by atoms with Crippen molar-refractivity contribution in [1.29, 1.82) is 0 Å². The van der Waals surface area contributed by atoms with Gasteiger partial charge in [0.15, 0.2) is 5.96 Å². The molecule has 1 aliphatic rings. The van der Waals surface area contributed by atoms with Gasteiger partial charge in [-0.3, -0.25) is 4.99 Å². The lowest BCUT2D eigenvalue weighted by Gasteiger charge is -2.17. The van der Waals surface area contributed by atoms with Crippen LogP contribution in [0.15, 0.2) is 23.2 Å². The molecule has 0 heterocycles. The molecule has 1 fully saturated rings. The number of hydrogen-bond acceptors (Lipinski definition) is 3. The van der Waals surface area contributed by atoms with Crippen molar-refractivity contribution in [2.75, 3.05) is 27.3 Å². The molecule has 1 aliphatic carbocycles. The summed E-state index contributed by atoms with van der Waals surface area (Å²) >= 11 is 0. The molecule has 7 heteroatoms. The molecule has 0 radical (unpaired) electrons. The highest BCUT2D eigenvalue weighted by atomic mass is 127. The Bertz CT molecular complexity index is 564. The summed E-state index contributed by atoms with van der Waals surface area (Å²) in [5.41, 5.74) is 1.54. The minimum Gasteiger partial charge on any atom is -0.380 e. The van der Waals surface area contributed by atoms with Crippen molar-refractivity contribution >= 4 is 29.9 Å². The number of methoxy groups -OCH3 is 1. The summed E-state index contributed by atoms with van der Waals surface area (Å²) in [4.78, 5) is 4.22. The molecule has 0 amide bonds. The van der Waals surface area contributed by atoms with Crippen molar-refractivity contribution in [2.45, 2.75) is 57.8 Å². The third-order valence-electron chi connectivity index (χ3n) is 4.64. The molecule has 0 atom stereocenters. The van der Waals surface area contributed by atoms with Gasteiger partial charge in [0, 0.05) is 32.8 Å². The summed E-state index contributed by atoms with van der Waals surface area (Å²) in [6.07, 6.45) is 8.01. The molecule has 0 aromatic heterocycles. The van der Waals surface area contributed by atoms with Crippen LogP contribution in [-0.2, 0) is 22.6 Å². The minimum atomic E-state index is -0.242. The van der Waals surface area contributed by atoms with E-state index in [2.05, 4.69) is 15.6 Å². The Kier molecular flexibility index (Phi) is 12.6. The van der Waals surface area contributed by atoms with Crippen molar-refractivity contribution in [1.82, 2.24) is 10.6 Å². The molecule has 2 N–H and O–H groups in total. The first-order valence-corrected chi connectivity index (χ1v) is 9.55. The standard InChI is InChI=1S/C20H32FN3O2.HI/c1-22-20(23-11-12-26-18-7-5-3-4-6-8-18)24-14-16-9-10-19(21)17(13-16)15-25-2;/h9-10,13,18H,3-8,11-12,14-15H2,1-2H3,(H2,22,23,24);1H. The van der Waals surface area contributed by atoms with E-state index in [1.807, 2.05) is 6.07 Å². The van der Waals surface area contributed by atoms with E-state index >= 15 is 0 Å². The Morgan fingerprint density at radius 2 is 1.93 bits per heavy atom. The first kappa shape index (κ1) is 24.1. The van der Waals surface area contributed by atoms with Crippen LogP contribution >= 0.6 is 24.0 Å². The van der Waals surface area contributed by atoms with Crippen LogP contribution in [-0.4, -0.2) is 39.4 Å². The van der Waals surface area contributed by atoms with Crippen LogP contribution in [0.2, 0.25) is 0 Å². The lowest BCUT2D eigenvalue weighted by atomic mass is 10.1. The van der Waals surface area contributed by atoms with E-state index in [4.69, 9.17) is 9.47 Å². The van der Waals surface area contributed by atoms with Gasteiger partial charge in [0.2, 0.25) is 0 Å². The van der Waals surface area contributed by atoms with Crippen molar-refractivity contribution in [3.63, 3.8) is 0 Å². The topological polar surface area (TPSA) is 54.9 Å². The molecule has 154 valence electrons. The molecule has 1 saturated carbocycles. The number of nitrogens with zero attached hydrogens (tertiary/aromatic N) is 1.